The fourth-order valence-electron chi connectivity index (χ4n) is 2.87. The van der Waals surface area contributed by atoms with Crippen molar-refractivity contribution in [2.75, 3.05) is 36.4 Å². The molecule has 1 aromatic carbocycles. The van der Waals surface area contributed by atoms with Gasteiger partial charge in [-0.2, -0.15) is 0 Å². The largest absolute Gasteiger partial charge is 0.368 e. The van der Waals surface area contributed by atoms with Gasteiger partial charge >= 0.3 is 0 Å². The summed E-state index contributed by atoms with van der Waals surface area (Å²) in [5, 5.41) is 11.9. The highest BCUT2D eigenvalue weighted by molar-refractivity contribution is 7.15. The van der Waals surface area contributed by atoms with Crippen molar-refractivity contribution in [1.29, 1.82) is 0 Å². The van der Waals surface area contributed by atoms with Crippen molar-refractivity contribution in [3.05, 3.63) is 35.1 Å². The molecular weight excluding hydrogens is 369 g/mol. The van der Waals surface area contributed by atoms with Crippen LogP contribution in [0, 0.1) is 5.82 Å². The van der Waals surface area contributed by atoms with Crippen LogP contribution >= 0.6 is 11.3 Å². The zero-order chi connectivity index (χ0) is 19.2. The van der Waals surface area contributed by atoms with Crippen molar-refractivity contribution in [1.82, 2.24) is 15.1 Å². The molecule has 1 aliphatic heterocycles. The van der Waals surface area contributed by atoms with Crippen molar-refractivity contribution in [2.45, 2.75) is 26.2 Å². The monoisotopic (exact) mass is 391 g/mol. The lowest BCUT2D eigenvalue weighted by Gasteiger charge is -2.36. The molecule has 1 saturated heterocycles. The van der Waals surface area contributed by atoms with Gasteiger partial charge in [-0.15, -0.1) is 10.2 Å². The Bertz CT molecular complexity index is 787. The van der Waals surface area contributed by atoms with Crippen LogP contribution in [0.5, 0.6) is 0 Å². The maximum absolute atomic E-state index is 13.0. The van der Waals surface area contributed by atoms with Gasteiger partial charge in [0.2, 0.25) is 16.9 Å². The third kappa shape index (κ3) is 5.22. The summed E-state index contributed by atoms with van der Waals surface area (Å²) < 4.78 is 13.0. The Hall–Kier alpha value is -2.55. The molecular formula is C18H22FN5O2S. The Morgan fingerprint density at radius 2 is 1.81 bits per heavy atom. The van der Waals surface area contributed by atoms with E-state index in [4.69, 9.17) is 0 Å². The number of anilines is 2. The summed E-state index contributed by atoms with van der Waals surface area (Å²) in [4.78, 5) is 28.2. The molecule has 9 heteroatoms. The zero-order valence-electron chi connectivity index (χ0n) is 15.2. The predicted molar refractivity (Wildman–Crippen MR) is 102 cm³/mol. The molecule has 0 aliphatic carbocycles. The van der Waals surface area contributed by atoms with Crippen molar-refractivity contribution < 1.29 is 14.0 Å². The Balaban J connectivity index is 1.41. The van der Waals surface area contributed by atoms with Gasteiger partial charge in [0.05, 0.1) is 0 Å². The summed E-state index contributed by atoms with van der Waals surface area (Å²) in [6, 6.07) is 6.36. The minimum absolute atomic E-state index is 0.0320. The molecule has 1 fully saturated rings. The van der Waals surface area contributed by atoms with Crippen molar-refractivity contribution in [3.63, 3.8) is 0 Å². The molecule has 0 spiro atoms. The van der Waals surface area contributed by atoms with Crippen molar-refractivity contribution in [2.24, 2.45) is 0 Å². The second kappa shape index (κ2) is 8.90. The summed E-state index contributed by atoms with van der Waals surface area (Å²) >= 11 is 1.34. The van der Waals surface area contributed by atoms with Crippen LogP contribution in [-0.4, -0.2) is 53.1 Å². The van der Waals surface area contributed by atoms with E-state index in [1.807, 2.05) is 6.92 Å². The van der Waals surface area contributed by atoms with E-state index in [-0.39, 0.29) is 30.5 Å². The number of hydrogen-bond acceptors (Lipinski definition) is 6. The number of aryl methyl sites for hydroxylation is 1. The average Bonchev–Trinajstić information content (AvgIpc) is 3.14. The second-order valence-electron chi connectivity index (χ2n) is 6.25. The third-order valence-corrected chi connectivity index (χ3v) is 5.39. The van der Waals surface area contributed by atoms with Gasteiger partial charge in [-0.05, 0) is 30.7 Å². The maximum Gasteiger partial charge on any atom is 0.226 e. The minimum Gasteiger partial charge on any atom is -0.368 e. The smallest absolute Gasteiger partial charge is 0.226 e. The lowest BCUT2D eigenvalue weighted by atomic mass is 10.2. The summed E-state index contributed by atoms with van der Waals surface area (Å²) in [6.07, 6.45) is 1.07. The quantitative estimate of drug-likeness (QED) is 0.818. The number of amides is 2. The fraction of sp³-hybridized carbons (Fsp3) is 0.444. The van der Waals surface area contributed by atoms with Gasteiger partial charge in [0.1, 0.15) is 10.8 Å². The van der Waals surface area contributed by atoms with Gasteiger partial charge < -0.3 is 15.1 Å². The fourth-order valence-corrected chi connectivity index (χ4v) is 3.57. The van der Waals surface area contributed by atoms with Gasteiger partial charge in [0.15, 0.2) is 0 Å². The summed E-state index contributed by atoms with van der Waals surface area (Å²) in [5.41, 5.74) is 0.950. The van der Waals surface area contributed by atoms with Gasteiger partial charge in [-0.1, -0.05) is 18.3 Å². The molecule has 0 saturated carbocycles. The molecule has 27 heavy (non-hydrogen) atoms. The number of rotatable bonds is 6. The molecule has 1 aromatic heterocycles. The number of carbonyl (C=O) groups is 2. The van der Waals surface area contributed by atoms with Crippen LogP contribution in [0.2, 0.25) is 0 Å². The van der Waals surface area contributed by atoms with Crippen LogP contribution in [0.4, 0.5) is 15.2 Å². The first-order valence-electron chi connectivity index (χ1n) is 8.95. The topological polar surface area (TPSA) is 78.4 Å². The highest BCUT2D eigenvalue weighted by Gasteiger charge is 2.22. The molecule has 2 amide bonds. The van der Waals surface area contributed by atoms with Crippen LogP contribution in [0.3, 0.4) is 0 Å². The molecule has 0 bridgehead atoms. The van der Waals surface area contributed by atoms with E-state index < -0.39 is 0 Å². The molecule has 1 aliphatic rings. The van der Waals surface area contributed by atoms with E-state index >= 15 is 0 Å². The normalized spacial score (nSPS) is 14.3. The second-order valence-corrected chi connectivity index (χ2v) is 7.31. The van der Waals surface area contributed by atoms with E-state index in [2.05, 4.69) is 20.4 Å². The lowest BCUT2D eigenvalue weighted by Crippen LogP contribution is -2.48. The van der Waals surface area contributed by atoms with Crippen LogP contribution in [0.25, 0.3) is 0 Å². The van der Waals surface area contributed by atoms with Gasteiger partial charge in [-0.25, -0.2) is 4.39 Å². The molecule has 0 atom stereocenters. The predicted octanol–water partition coefficient (Wildman–Crippen LogP) is 2.31. The number of nitrogens with zero attached hydrogens (tertiary/aromatic N) is 4. The number of piperazine rings is 1. The highest BCUT2D eigenvalue weighted by Crippen LogP contribution is 2.18. The van der Waals surface area contributed by atoms with Crippen LogP contribution in [-0.2, 0) is 16.0 Å². The lowest BCUT2D eigenvalue weighted by molar-refractivity contribution is -0.133. The molecule has 0 unspecified atom stereocenters. The van der Waals surface area contributed by atoms with Crippen LogP contribution < -0.4 is 10.2 Å². The Morgan fingerprint density at radius 1 is 1.11 bits per heavy atom. The zero-order valence-corrected chi connectivity index (χ0v) is 16.0. The Morgan fingerprint density at radius 3 is 2.44 bits per heavy atom. The van der Waals surface area contributed by atoms with Gasteiger partial charge in [0.25, 0.3) is 0 Å². The van der Waals surface area contributed by atoms with Crippen LogP contribution in [0.1, 0.15) is 24.8 Å². The molecule has 2 heterocycles. The van der Waals surface area contributed by atoms with E-state index in [0.717, 1.165) is 17.1 Å². The summed E-state index contributed by atoms with van der Waals surface area (Å²) in [7, 11) is 0. The first-order chi connectivity index (χ1) is 13.0. The molecule has 1 N–H and O–H groups in total. The highest BCUT2D eigenvalue weighted by atomic mass is 32.1. The standard InChI is InChI=1S/C18H22FN5O2S/c1-2-16-21-22-18(27-16)20-15(25)7-8-17(26)24-11-9-23(10-12-24)14-5-3-13(19)4-6-14/h3-6H,2,7-12H2,1H3,(H,20,22,25). The maximum atomic E-state index is 13.0. The van der Waals surface area contributed by atoms with Crippen LogP contribution in [0.15, 0.2) is 24.3 Å². The first kappa shape index (κ1) is 19.2. The molecule has 0 radical (unpaired) electrons. The number of hydrogen-bond donors (Lipinski definition) is 1. The van der Waals surface area contributed by atoms with E-state index in [0.29, 0.717) is 31.3 Å². The average molecular weight is 391 g/mol. The number of halogens is 1. The SMILES string of the molecule is CCc1nnc(NC(=O)CCC(=O)N2CCN(c3ccc(F)cc3)CC2)s1. The van der Waals surface area contributed by atoms with Crippen molar-refractivity contribution in [3.8, 4) is 0 Å². The summed E-state index contributed by atoms with van der Waals surface area (Å²) in [6.45, 7) is 4.53. The number of nitrogens with one attached hydrogen (secondary N) is 1. The van der Waals surface area contributed by atoms with E-state index in [9.17, 15) is 14.0 Å². The molecule has 7 nitrogen and oxygen atoms in total. The summed E-state index contributed by atoms with van der Waals surface area (Å²) in [5.74, 6) is -0.521. The number of benzene rings is 1. The third-order valence-electron chi connectivity index (χ3n) is 4.41. The first-order valence-corrected chi connectivity index (χ1v) is 9.77. The molecule has 2 aromatic rings. The number of aromatic nitrogens is 2. The Labute approximate surface area is 161 Å². The Kier molecular flexibility index (Phi) is 6.33. The van der Waals surface area contributed by atoms with E-state index in [1.165, 1.54) is 23.5 Å². The van der Waals surface area contributed by atoms with E-state index in [1.54, 1.807) is 17.0 Å². The van der Waals surface area contributed by atoms with Crippen molar-refractivity contribution >= 4 is 34.0 Å². The van der Waals surface area contributed by atoms with Gasteiger partial charge in [0, 0.05) is 44.7 Å². The molecule has 144 valence electrons. The molecule has 3 rings (SSSR count). The number of carbonyl (C=O) groups excluding carboxylic acids is 2. The van der Waals surface area contributed by atoms with Gasteiger partial charge in [-0.3, -0.25) is 9.59 Å². The minimum atomic E-state index is -0.259.